The summed E-state index contributed by atoms with van der Waals surface area (Å²) in [5.41, 5.74) is 2.48. The summed E-state index contributed by atoms with van der Waals surface area (Å²) in [5, 5.41) is 9.47. The zero-order valence-corrected chi connectivity index (χ0v) is 20.8. The number of fused-ring (bicyclic) bond motifs is 1. The Balaban J connectivity index is 1.61. The van der Waals surface area contributed by atoms with Gasteiger partial charge in [-0.3, -0.25) is 0 Å². The Morgan fingerprint density at radius 1 is 1.12 bits per heavy atom. The number of aromatic nitrogens is 5. The molecule has 4 rings (SSSR count). The fourth-order valence-electron chi connectivity index (χ4n) is 3.58. The third kappa shape index (κ3) is 4.35. The zero-order chi connectivity index (χ0) is 23.8. The first kappa shape index (κ1) is 23.3. The number of thioether (sulfide) groups is 1. The smallest absolute Gasteiger partial charge is 0.242 e. The van der Waals surface area contributed by atoms with Gasteiger partial charge in [-0.1, -0.05) is 23.9 Å². The van der Waals surface area contributed by atoms with E-state index in [4.69, 9.17) is 9.72 Å². The molecule has 0 amide bonds. The van der Waals surface area contributed by atoms with Gasteiger partial charge in [0.2, 0.25) is 10.0 Å². The van der Waals surface area contributed by atoms with Gasteiger partial charge in [0.05, 0.1) is 28.8 Å². The van der Waals surface area contributed by atoms with Gasteiger partial charge < -0.3 is 13.9 Å². The number of benzene rings is 2. The van der Waals surface area contributed by atoms with E-state index in [2.05, 4.69) is 14.8 Å². The van der Waals surface area contributed by atoms with Gasteiger partial charge in [-0.15, -0.1) is 10.2 Å². The van der Waals surface area contributed by atoms with Crippen molar-refractivity contribution in [1.82, 2.24) is 28.6 Å². The van der Waals surface area contributed by atoms with Gasteiger partial charge in [0.15, 0.2) is 11.0 Å². The highest BCUT2D eigenvalue weighted by molar-refractivity contribution is 7.98. The van der Waals surface area contributed by atoms with E-state index >= 15 is 0 Å². The first-order valence-electron chi connectivity index (χ1n) is 10.3. The fraction of sp³-hybridized carbons (Fsp3) is 0.318. The first-order chi connectivity index (χ1) is 15.8. The number of sulfonamides is 1. The summed E-state index contributed by atoms with van der Waals surface area (Å²) < 4.78 is 35.6. The molecular weight excluding hydrogens is 460 g/mol. The second-order valence-corrected chi connectivity index (χ2v) is 10.7. The third-order valence-electron chi connectivity index (χ3n) is 5.39. The number of imidazole rings is 1. The van der Waals surface area contributed by atoms with Gasteiger partial charge >= 0.3 is 0 Å². The standard InChI is InChI=1S/C22H26N6O3S2/c1-6-28-19-11-10-17(33(29,30)26(2)3)13-18(19)23-20(28)14-32-22-25-24-21(27(22)4)15-8-7-9-16(12-15)31-5/h7-13H,6,14H2,1-5H3. The lowest BCUT2D eigenvalue weighted by molar-refractivity contribution is 0.415. The van der Waals surface area contributed by atoms with E-state index in [0.717, 1.165) is 40.2 Å². The van der Waals surface area contributed by atoms with Crippen molar-refractivity contribution in [1.29, 1.82) is 0 Å². The maximum Gasteiger partial charge on any atom is 0.242 e. The summed E-state index contributed by atoms with van der Waals surface area (Å²) in [6.45, 7) is 2.77. The molecule has 0 atom stereocenters. The maximum atomic E-state index is 12.5. The fourth-order valence-corrected chi connectivity index (χ4v) is 5.36. The van der Waals surface area contributed by atoms with Crippen molar-refractivity contribution < 1.29 is 13.2 Å². The van der Waals surface area contributed by atoms with E-state index < -0.39 is 10.0 Å². The maximum absolute atomic E-state index is 12.5. The second-order valence-electron chi connectivity index (χ2n) is 7.60. The Morgan fingerprint density at radius 3 is 2.61 bits per heavy atom. The van der Waals surface area contributed by atoms with E-state index in [-0.39, 0.29) is 4.90 Å². The lowest BCUT2D eigenvalue weighted by Gasteiger charge is -2.11. The summed E-state index contributed by atoms with van der Waals surface area (Å²) in [5.74, 6) is 2.93. The minimum Gasteiger partial charge on any atom is -0.497 e. The number of methoxy groups -OCH3 is 1. The van der Waals surface area contributed by atoms with Crippen molar-refractivity contribution in [3.8, 4) is 17.1 Å². The number of ether oxygens (including phenoxy) is 1. The second kappa shape index (κ2) is 9.16. The molecule has 9 nitrogen and oxygen atoms in total. The van der Waals surface area contributed by atoms with Gasteiger partial charge in [-0.05, 0) is 37.3 Å². The van der Waals surface area contributed by atoms with Crippen LogP contribution in [0.25, 0.3) is 22.4 Å². The van der Waals surface area contributed by atoms with Crippen molar-refractivity contribution in [2.45, 2.75) is 29.3 Å². The minimum atomic E-state index is -3.52. The molecule has 0 radical (unpaired) electrons. The van der Waals surface area contributed by atoms with Crippen LogP contribution in [0.4, 0.5) is 0 Å². The van der Waals surface area contributed by atoms with Gasteiger partial charge in [-0.2, -0.15) is 0 Å². The highest BCUT2D eigenvalue weighted by atomic mass is 32.2. The Kier molecular flexibility index (Phi) is 6.46. The van der Waals surface area contributed by atoms with Gasteiger partial charge in [0, 0.05) is 33.3 Å². The lowest BCUT2D eigenvalue weighted by Crippen LogP contribution is -2.22. The molecule has 0 N–H and O–H groups in total. The first-order valence-corrected chi connectivity index (χ1v) is 12.8. The third-order valence-corrected chi connectivity index (χ3v) is 8.21. The molecule has 2 aromatic heterocycles. The molecule has 0 aliphatic rings. The van der Waals surface area contributed by atoms with E-state index in [9.17, 15) is 8.42 Å². The molecule has 174 valence electrons. The molecule has 0 spiro atoms. The average Bonchev–Trinajstić information content (AvgIpc) is 3.36. The number of nitrogens with zero attached hydrogens (tertiary/aromatic N) is 6. The highest BCUT2D eigenvalue weighted by Crippen LogP contribution is 2.29. The molecule has 2 aromatic carbocycles. The van der Waals surface area contributed by atoms with Crippen molar-refractivity contribution in [3.05, 3.63) is 48.3 Å². The van der Waals surface area contributed by atoms with Crippen molar-refractivity contribution in [3.63, 3.8) is 0 Å². The van der Waals surface area contributed by atoms with Gasteiger partial charge in [0.1, 0.15) is 11.6 Å². The summed E-state index contributed by atoms with van der Waals surface area (Å²) >= 11 is 1.53. The van der Waals surface area contributed by atoms with Crippen LogP contribution in [0.3, 0.4) is 0 Å². The van der Waals surface area contributed by atoms with Crippen LogP contribution < -0.4 is 4.74 Å². The molecule has 0 aliphatic carbocycles. The SMILES string of the molecule is CCn1c(CSc2nnc(-c3cccc(OC)c3)n2C)nc2cc(S(=O)(=O)N(C)C)ccc21. The summed E-state index contributed by atoms with van der Waals surface area (Å²) in [4.78, 5) is 4.97. The van der Waals surface area contributed by atoms with Crippen molar-refractivity contribution in [2.24, 2.45) is 7.05 Å². The van der Waals surface area contributed by atoms with Crippen LogP contribution in [-0.2, 0) is 29.4 Å². The summed E-state index contributed by atoms with van der Waals surface area (Å²) in [7, 11) is 3.09. The molecule has 0 bridgehead atoms. The topological polar surface area (TPSA) is 95.1 Å². The lowest BCUT2D eigenvalue weighted by atomic mass is 10.2. The largest absolute Gasteiger partial charge is 0.497 e. The van der Waals surface area contributed by atoms with Crippen LogP contribution in [0.1, 0.15) is 12.7 Å². The van der Waals surface area contributed by atoms with Gasteiger partial charge in [-0.25, -0.2) is 17.7 Å². The molecule has 0 unspecified atom stereocenters. The minimum absolute atomic E-state index is 0.233. The van der Waals surface area contributed by atoms with E-state index in [1.54, 1.807) is 19.2 Å². The molecule has 0 saturated heterocycles. The predicted molar refractivity (Wildman–Crippen MR) is 129 cm³/mol. The van der Waals surface area contributed by atoms with Crippen LogP contribution in [0.15, 0.2) is 52.5 Å². The number of aryl methyl sites for hydroxylation is 1. The predicted octanol–water partition coefficient (Wildman–Crippen LogP) is 3.40. The Hall–Kier alpha value is -2.89. The summed E-state index contributed by atoms with van der Waals surface area (Å²) in [6.07, 6.45) is 0. The molecule has 0 saturated carbocycles. The van der Waals surface area contributed by atoms with E-state index in [0.29, 0.717) is 11.3 Å². The van der Waals surface area contributed by atoms with Crippen LogP contribution in [0.5, 0.6) is 5.75 Å². The monoisotopic (exact) mass is 486 g/mol. The zero-order valence-electron chi connectivity index (χ0n) is 19.2. The molecule has 2 heterocycles. The number of hydrogen-bond acceptors (Lipinski definition) is 7. The molecule has 33 heavy (non-hydrogen) atoms. The molecule has 4 aromatic rings. The molecule has 11 heteroatoms. The Morgan fingerprint density at radius 2 is 1.91 bits per heavy atom. The van der Waals surface area contributed by atoms with Crippen molar-refractivity contribution >= 4 is 32.8 Å². The van der Waals surface area contributed by atoms with Crippen molar-refractivity contribution in [2.75, 3.05) is 21.2 Å². The normalized spacial score (nSPS) is 12.1. The van der Waals surface area contributed by atoms with Crippen LogP contribution in [0.2, 0.25) is 0 Å². The average molecular weight is 487 g/mol. The van der Waals surface area contributed by atoms with E-state index in [1.165, 1.54) is 30.2 Å². The van der Waals surface area contributed by atoms with E-state index in [1.807, 2.05) is 48.9 Å². The molecule has 0 aliphatic heterocycles. The highest BCUT2D eigenvalue weighted by Gasteiger charge is 2.20. The van der Waals surface area contributed by atoms with Crippen LogP contribution >= 0.6 is 11.8 Å². The van der Waals surface area contributed by atoms with Crippen LogP contribution in [-0.4, -0.2) is 58.2 Å². The molecular formula is C22H26N6O3S2. The van der Waals surface area contributed by atoms with Crippen LogP contribution in [0, 0.1) is 0 Å². The number of hydrogen-bond donors (Lipinski definition) is 0. The quantitative estimate of drug-likeness (QED) is 0.352. The summed E-state index contributed by atoms with van der Waals surface area (Å²) in [6, 6.07) is 12.8. The molecule has 0 fully saturated rings. The van der Waals surface area contributed by atoms with Gasteiger partial charge in [0.25, 0.3) is 0 Å². The Labute approximate surface area is 197 Å². The Bertz CT molecular complexity index is 1410. The number of rotatable bonds is 8.